The molecule has 1 fully saturated rings. The van der Waals surface area contributed by atoms with E-state index in [1.165, 1.54) is 51.9 Å². The molecule has 0 spiro atoms. The Hall–Kier alpha value is -0.0800. The van der Waals surface area contributed by atoms with Crippen molar-refractivity contribution in [3.8, 4) is 0 Å². The molecule has 1 unspecified atom stereocenters. The van der Waals surface area contributed by atoms with Gasteiger partial charge >= 0.3 is 0 Å². The van der Waals surface area contributed by atoms with Gasteiger partial charge in [-0.25, -0.2) is 0 Å². The lowest BCUT2D eigenvalue weighted by Gasteiger charge is -2.33. The molecule has 0 aliphatic carbocycles. The Morgan fingerprint density at radius 1 is 1.33 bits per heavy atom. The SMILES string of the molecule is CCC(C)CN1CCC(CCNC)CC1. The molecule has 0 saturated carbocycles. The van der Waals surface area contributed by atoms with E-state index in [4.69, 9.17) is 0 Å². The van der Waals surface area contributed by atoms with E-state index in [9.17, 15) is 0 Å². The van der Waals surface area contributed by atoms with Gasteiger partial charge < -0.3 is 10.2 Å². The summed E-state index contributed by atoms with van der Waals surface area (Å²) in [5.74, 6) is 1.85. The zero-order chi connectivity index (χ0) is 11.1. The summed E-state index contributed by atoms with van der Waals surface area (Å²) in [5.41, 5.74) is 0. The molecule has 2 heteroatoms. The monoisotopic (exact) mass is 212 g/mol. The molecule has 0 amide bonds. The maximum absolute atomic E-state index is 3.25. The molecule has 0 aromatic carbocycles. The van der Waals surface area contributed by atoms with Gasteiger partial charge in [-0.3, -0.25) is 0 Å². The fraction of sp³-hybridized carbons (Fsp3) is 1.00. The molecule has 90 valence electrons. The quantitative estimate of drug-likeness (QED) is 0.727. The predicted octanol–water partition coefficient (Wildman–Crippen LogP) is 2.35. The average molecular weight is 212 g/mol. The molecule has 0 aromatic heterocycles. The van der Waals surface area contributed by atoms with Crippen molar-refractivity contribution in [2.45, 2.75) is 39.5 Å². The summed E-state index contributed by atoms with van der Waals surface area (Å²) in [7, 11) is 2.05. The van der Waals surface area contributed by atoms with Crippen LogP contribution >= 0.6 is 0 Å². The van der Waals surface area contributed by atoms with Crippen molar-refractivity contribution < 1.29 is 0 Å². The van der Waals surface area contributed by atoms with Gasteiger partial charge in [0.05, 0.1) is 0 Å². The highest BCUT2D eigenvalue weighted by atomic mass is 15.1. The molecule has 1 N–H and O–H groups in total. The van der Waals surface area contributed by atoms with Crippen molar-refractivity contribution in [3.63, 3.8) is 0 Å². The number of hydrogen-bond acceptors (Lipinski definition) is 2. The Bertz CT molecular complexity index is 151. The third-order valence-corrected chi connectivity index (χ3v) is 3.78. The van der Waals surface area contributed by atoms with Crippen molar-refractivity contribution in [3.05, 3.63) is 0 Å². The molecular formula is C13H28N2. The van der Waals surface area contributed by atoms with E-state index < -0.39 is 0 Å². The van der Waals surface area contributed by atoms with Crippen LogP contribution in [0.3, 0.4) is 0 Å². The summed E-state index contributed by atoms with van der Waals surface area (Å²) in [6, 6.07) is 0. The Morgan fingerprint density at radius 3 is 2.53 bits per heavy atom. The average Bonchev–Trinajstić information content (AvgIpc) is 2.28. The van der Waals surface area contributed by atoms with Crippen LogP contribution in [0.15, 0.2) is 0 Å². The maximum atomic E-state index is 3.25. The largest absolute Gasteiger partial charge is 0.320 e. The Balaban J connectivity index is 2.12. The van der Waals surface area contributed by atoms with Crippen molar-refractivity contribution in [1.29, 1.82) is 0 Å². The van der Waals surface area contributed by atoms with Gasteiger partial charge in [0.2, 0.25) is 0 Å². The van der Waals surface area contributed by atoms with Crippen molar-refractivity contribution >= 4 is 0 Å². The molecule has 0 aromatic rings. The molecule has 0 bridgehead atoms. The molecule has 0 radical (unpaired) electrons. The van der Waals surface area contributed by atoms with Gasteiger partial charge in [0.1, 0.15) is 0 Å². The summed E-state index contributed by atoms with van der Waals surface area (Å²) in [5, 5.41) is 3.25. The highest BCUT2D eigenvalue weighted by molar-refractivity contribution is 4.73. The second-order valence-corrected chi connectivity index (χ2v) is 5.15. The highest BCUT2D eigenvalue weighted by Gasteiger charge is 2.19. The van der Waals surface area contributed by atoms with E-state index >= 15 is 0 Å². The van der Waals surface area contributed by atoms with Crippen LogP contribution in [0.5, 0.6) is 0 Å². The molecule has 1 atom stereocenters. The lowest BCUT2D eigenvalue weighted by atomic mass is 9.93. The Kier molecular flexibility index (Phi) is 6.26. The van der Waals surface area contributed by atoms with Crippen molar-refractivity contribution in [1.82, 2.24) is 10.2 Å². The minimum Gasteiger partial charge on any atom is -0.320 e. The second kappa shape index (κ2) is 7.24. The summed E-state index contributed by atoms with van der Waals surface area (Å²) in [6.07, 6.45) is 5.52. The van der Waals surface area contributed by atoms with Gasteiger partial charge in [0.15, 0.2) is 0 Å². The Morgan fingerprint density at radius 2 is 2.00 bits per heavy atom. The van der Waals surface area contributed by atoms with E-state index in [1.54, 1.807) is 0 Å². The first-order valence-corrected chi connectivity index (χ1v) is 6.63. The fourth-order valence-corrected chi connectivity index (χ4v) is 2.38. The van der Waals surface area contributed by atoms with Gasteiger partial charge in [-0.2, -0.15) is 0 Å². The molecule has 1 aliphatic rings. The summed E-state index contributed by atoms with van der Waals surface area (Å²) < 4.78 is 0. The lowest BCUT2D eigenvalue weighted by Crippen LogP contribution is -2.37. The number of rotatable bonds is 6. The summed E-state index contributed by atoms with van der Waals surface area (Å²) in [4.78, 5) is 2.66. The van der Waals surface area contributed by atoms with Gasteiger partial charge in [0.25, 0.3) is 0 Å². The van der Waals surface area contributed by atoms with Crippen LogP contribution in [-0.4, -0.2) is 38.1 Å². The number of hydrogen-bond donors (Lipinski definition) is 1. The van der Waals surface area contributed by atoms with Gasteiger partial charge in [-0.05, 0) is 57.8 Å². The first kappa shape index (κ1) is 13.0. The highest BCUT2D eigenvalue weighted by Crippen LogP contribution is 2.20. The van der Waals surface area contributed by atoms with E-state index in [-0.39, 0.29) is 0 Å². The van der Waals surface area contributed by atoms with E-state index in [1.807, 2.05) is 0 Å². The molecule has 1 heterocycles. The standard InChI is InChI=1S/C13H28N2/c1-4-12(2)11-15-9-6-13(7-10-15)5-8-14-3/h12-14H,4-11H2,1-3H3. The van der Waals surface area contributed by atoms with E-state index in [2.05, 4.69) is 31.1 Å². The van der Waals surface area contributed by atoms with Gasteiger partial charge in [0, 0.05) is 6.54 Å². The Labute approximate surface area is 95.4 Å². The third kappa shape index (κ3) is 4.98. The fourth-order valence-electron chi connectivity index (χ4n) is 2.38. The number of nitrogens with one attached hydrogen (secondary N) is 1. The summed E-state index contributed by atoms with van der Waals surface area (Å²) in [6.45, 7) is 9.83. The minimum absolute atomic E-state index is 0.874. The normalized spacial score (nSPS) is 21.8. The summed E-state index contributed by atoms with van der Waals surface area (Å²) >= 11 is 0. The van der Waals surface area contributed by atoms with Crippen LogP contribution in [-0.2, 0) is 0 Å². The molecule has 1 aliphatic heterocycles. The zero-order valence-electron chi connectivity index (χ0n) is 10.8. The van der Waals surface area contributed by atoms with Crippen LogP contribution in [0, 0.1) is 11.8 Å². The molecule has 15 heavy (non-hydrogen) atoms. The number of nitrogens with zero attached hydrogens (tertiary/aromatic N) is 1. The van der Waals surface area contributed by atoms with E-state index in [0.717, 1.165) is 11.8 Å². The first-order chi connectivity index (χ1) is 7.26. The van der Waals surface area contributed by atoms with Crippen LogP contribution in [0.2, 0.25) is 0 Å². The van der Waals surface area contributed by atoms with Crippen molar-refractivity contribution in [2.24, 2.45) is 11.8 Å². The molecule has 1 rings (SSSR count). The van der Waals surface area contributed by atoms with Crippen LogP contribution < -0.4 is 5.32 Å². The zero-order valence-corrected chi connectivity index (χ0v) is 10.8. The van der Waals surface area contributed by atoms with E-state index in [0.29, 0.717) is 0 Å². The topological polar surface area (TPSA) is 15.3 Å². The minimum atomic E-state index is 0.874. The smallest absolute Gasteiger partial charge is 0.000692 e. The third-order valence-electron chi connectivity index (χ3n) is 3.78. The van der Waals surface area contributed by atoms with Gasteiger partial charge in [-0.1, -0.05) is 20.3 Å². The van der Waals surface area contributed by atoms with Gasteiger partial charge in [-0.15, -0.1) is 0 Å². The molecule has 1 saturated heterocycles. The van der Waals surface area contributed by atoms with Crippen LogP contribution in [0.1, 0.15) is 39.5 Å². The second-order valence-electron chi connectivity index (χ2n) is 5.15. The first-order valence-electron chi connectivity index (χ1n) is 6.63. The maximum Gasteiger partial charge on any atom is 0.000692 e. The predicted molar refractivity (Wildman–Crippen MR) is 67.2 cm³/mol. The van der Waals surface area contributed by atoms with Crippen molar-refractivity contribution in [2.75, 3.05) is 33.2 Å². The number of likely N-dealkylation sites (tertiary alicyclic amines) is 1. The van der Waals surface area contributed by atoms with Crippen LogP contribution in [0.25, 0.3) is 0 Å². The van der Waals surface area contributed by atoms with Crippen LogP contribution in [0.4, 0.5) is 0 Å². The number of piperidine rings is 1. The lowest BCUT2D eigenvalue weighted by molar-refractivity contribution is 0.159. The molecule has 2 nitrogen and oxygen atoms in total. The molecular weight excluding hydrogens is 184 g/mol.